The topological polar surface area (TPSA) is 80.4 Å². The summed E-state index contributed by atoms with van der Waals surface area (Å²) in [6.07, 6.45) is -0.870. The van der Waals surface area contributed by atoms with Crippen molar-refractivity contribution in [3.8, 4) is 0 Å². The lowest BCUT2D eigenvalue weighted by Gasteiger charge is -1.98. The Morgan fingerprint density at radius 1 is 1.75 bits per heavy atom. The van der Waals surface area contributed by atoms with Crippen molar-refractivity contribution in [2.75, 3.05) is 5.75 Å². The zero-order chi connectivity index (χ0) is 6.78. The molecule has 0 saturated heterocycles. The Labute approximate surface area is 48.4 Å². The fourth-order valence-corrected chi connectivity index (χ4v) is 1.01. The molecular weight excluding hydrogens is 130 g/mol. The molecule has 0 aliphatic carbocycles. The minimum atomic E-state index is -3.47. The number of aliphatic hydroxyl groups excluding tert-OH is 1. The average molecular weight is 139 g/mol. The maximum atomic E-state index is 10.1. The Kier molecular flexibility index (Phi) is 2.39. The van der Waals surface area contributed by atoms with Crippen LogP contribution >= 0.6 is 0 Å². The van der Waals surface area contributed by atoms with E-state index in [1.165, 1.54) is 6.92 Å². The predicted molar refractivity (Wildman–Crippen MR) is 29.7 cm³/mol. The number of rotatable bonds is 2. The predicted octanol–water partition coefficient (Wildman–Crippen LogP) is -1.34. The maximum Gasteiger partial charge on any atom is 0.211 e. The van der Waals surface area contributed by atoms with Crippen LogP contribution in [0.25, 0.3) is 0 Å². The Morgan fingerprint density at radius 3 is 2.12 bits per heavy atom. The van der Waals surface area contributed by atoms with E-state index < -0.39 is 16.1 Å². The summed E-state index contributed by atoms with van der Waals surface area (Å²) in [7, 11) is -3.47. The van der Waals surface area contributed by atoms with Crippen LogP contribution in [-0.4, -0.2) is 25.4 Å². The van der Waals surface area contributed by atoms with Gasteiger partial charge in [-0.2, -0.15) is 0 Å². The Balaban J connectivity index is 3.75. The summed E-state index contributed by atoms with van der Waals surface area (Å²) >= 11 is 0. The van der Waals surface area contributed by atoms with Gasteiger partial charge in [0.15, 0.2) is 0 Å². The SMILES string of the molecule is C[C@@H](O)CS(N)(=O)=O. The first-order valence-corrected chi connectivity index (χ1v) is 3.82. The Morgan fingerprint density at radius 2 is 2.12 bits per heavy atom. The van der Waals surface area contributed by atoms with Crippen LogP contribution in [0.3, 0.4) is 0 Å². The first-order chi connectivity index (χ1) is 3.42. The van der Waals surface area contributed by atoms with Crippen molar-refractivity contribution >= 4 is 10.0 Å². The van der Waals surface area contributed by atoms with Crippen molar-refractivity contribution in [1.82, 2.24) is 0 Å². The molecule has 0 aromatic carbocycles. The van der Waals surface area contributed by atoms with Gasteiger partial charge in [0.05, 0.1) is 11.9 Å². The van der Waals surface area contributed by atoms with Crippen LogP contribution in [0.15, 0.2) is 0 Å². The van der Waals surface area contributed by atoms with Gasteiger partial charge in [-0.1, -0.05) is 0 Å². The van der Waals surface area contributed by atoms with E-state index in [4.69, 9.17) is 5.11 Å². The quantitative estimate of drug-likeness (QED) is 0.496. The first-order valence-electron chi connectivity index (χ1n) is 2.10. The Bertz CT molecular complexity index is 148. The largest absolute Gasteiger partial charge is 0.392 e. The molecule has 0 bridgehead atoms. The van der Waals surface area contributed by atoms with Crippen molar-refractivity contribution in [1.29, 1.82) is 0 Å². The molecule has 0 aliphatic rings. The van der Waals surface area contributed by atoms with Crippen molar-refractivity contribution in [3.05, 3.63) is 0 Å². The molecule has 4 nitrogen and oxygen atoms in total. The fourth-order valence-electron chi connectivity index (χ4n) is 0.336. The zero-order valence-corrected chi connectivity index (χ0v) is 5.35. The fraction of sp³-hybridized carbons (Fsp3) is 1.00. The van der Waals surface area contributed by atoms with E-state index in [2.05, 4.69) is 5.14 Å². The summed E-state index contributed by atoms with van der Waals surface area (Å²) in [6, 6.07) is 0. The number of hydrogen-bond acceptors (Lipinski definition) is 3. The van der Waals surface area contributed by atoms with E-state index in [1.807, 2.05) is 0 Å². The minimum Gasteiger partial charge on any atom is -0.392 e. The lowest BCUT2D eigenvalue weighted by atomic mass is 10.5. The van der Waals surface area contributed by atoms with Gasteiger partial charge in [0.1, 0.15) is 0 Å². The second-order valence-electron chi connectivity index (χ2n) is 1.68. The van der Waals surface area contributed by atoms with Gasteiger partial charge in [0.25, 0.3) is 0 Å². The number of primary sulfonamides is 1. The Hall–Kier alpha value is -0.130. The molecule has 1 atom stereocenters. The van der Waals surface area contributed by atoms with Gasteiger partial charge < -0.3 is 5.11 Å². The molecule has 0 unspecified atom stereocenters. The third-order valence-electron chi connectivity index (χ3n) is 0.474. The van der Waals surface area contributed by atoms with Gasteiger partial charge in [0.2, 0.25) is 10.0 Å². The van der Waals surface area contributed by atoms with Gasteiger partial charge in [-0.05, 0) is 6.92 Å². The molecule has 50 valence electrons. The van der Waals surface area contributed by atoms with Gasteiger partial charge in [-0.15, -0.1) is 0 Å². The number of aliphatic hydroxyl groups is 1. The molecule has 3 N–H and O–H groups in total. The molecule has 0 amide bonds. The smallest absolute Gasteiger partial charge is 0.211 e. The molecule has 0 aromatic heterocycles. The molecular formula is C3H9NO3S. The third-order valence-corrected chi connectivity index (χ3v) is 1.42. The maximum absolute atomic E-state index is 10.1. The lowest BCUT2D eigenvalue weighted by Crippen LogP contribution is -2.24. The lowest BCUT2D eigenvalue weighted by molar-refractivity contribution is 0.218. The molecule has 0 heterocycles. The highest BCUT2D eigenvalue weighted by atomic mass is 32.2. The van der Waals surface area contributed by atoms with Gasteiger partial charge in [-0.25, -0.2) is 13.6 Å². The van der Waals surface area contributed by atoms with Crippen LogP contribution in [0, 0.1) is 0 Å². The molecule has 5 heteroatoms. The first kappa shape index (κ1) is 7.87. The summed E-state index contributed by atoms with van der Waals surface area (Å²) in [6.45, 7) is 1.37. The molecule has 0 aliphatic heterocycles. The average Bonchev–Trinajstić information content (AvgIpc) is 1.21. The highest BCUT2D eigenvalue weighted by Gasteiger charge is 2.05. The summed E-state index contributed by atoms with van der Waals surface area (Å²) in [5.74, 6) is -0.368. The van der Waals surface area contributed by atoms with Crippen molar-refractivity contribution in [3.63, 3.8) is 0 Å². The molecule has 0 fully saturated rings. The standard InChI is InChI=1S/C3H9NO3S/c1-3(5)2-8(4,6)7/h3,5H,2H2,1H3,(H2,4,6,7)/t3-/m1/s1. The second-order valence-corrected chi connectivity index (χ2v) is 3.34. The van der Waals surface area contributed by atoms with E-state index in [0.717, 1.165) is 0 Å². The number of sulfonamides is 1. The second kappa shape index (κ2) is 2.43. The van der Waals surface area contributed by atoms with Crippen LogP contribution in [0.2, 0.25) is 0 Å². The van der Waals surface area contributed by atoms with E-state index in [1.54, 1.807) is 0 Å². The van der Waals surface area contributed by atoms with E-state index in [-0.39, 0.29) is 5.75 Å². The zero-order valence-electron chi connectivity index (χ0n) is 4.53. The summed E-state index contributed by atoms with van der Waals surface area (Å²) < 4.78 is 20.1. The third kappa shape index (κ3) is 5.87. The van der Waals surface area contributed by atoms with Crippen molar-refractivity contribution < 1.29 is 13.5 Å². The van der Waals surface area contributed by atoms with Gasteiger partial charge in [-0.3, -0.25) is 0 Å². The van der Waals surface area contributed by atoms with E-state index >= 15 is 0 Å². The van der Waals surface area contributed by atoms with Crippen LogP contribution in [0.4, 0.5) is 0 Å². The van der Waals surface area contributed by atoms with E-state index in [9.17, 15) is 8.42 Å². The monoisotopic (exact) mass is 139 g/mol. The molecule has 0 aromatic rings. The van der Waals surface area contributed by atoms with Gasteiger partial charge in [0, 0.05) is 0 Å². The van der Waals surface area contributed by atoms with Crippen LogP contribution in [-0.2, 0) is 10.0 Å². The molecule has 0 radical (unpaired) electrons. The summed E-state index contributed by atoms with van der Waals surface area (Å²) in [4.78, 5) is 0. The van der Waals surface area contributed by atoms with E-state index in [0.29, 0.717) is 0 Å². The molecule has 0 rings (SSSR count). The number of nitrogens with two attached hydrogens (primary N) is 1. The molecule has 8 heavy (non-hydrogen) atoms. The highest BCUT2D eigenvalue weighted by molar-refractivity contribution is 7.89. The van der Waals surface area contributed by atoms with Crippen molar-refractivity contribution in [2.24, 2.45) is 5.14 Å². The van der Waals surface area contributed by atoms with Crippen LogP contribution in [0.5, 0.6) is 0 Å². The minimum absolute atomic E-state index is 0.368. The van der Waals surface area contributed by atoms with Gasteiger partial charge >= 0.3 is 0 Å². The van der Waals surface area contributed by atoms with Crippen molar-refractivity contribution in [2.45, 2.75) is 13.0 Å². The van der Waals surface area contributed by atoms with Crippen LogP contribution < -0.4 is 5.14 Å². The summed E-state index contributed by atoms with van der Waals surface area (Å²) in [5.41, 5.74) is 0. The number of hydrogen-bond donors (Lipinski definition) is 2. The molecule has 0 saturated carbocycles. The highest BCUT2D eigenvalue weighted by Crippen LogP contribution is 1.83. The summed E-state index contributed by atoms with van der Waals surface area (Å²) in [5, 5.41) is 13.0. The normalized spacial score (nSPS) is 15.9. The molecule has 0 spiro atoms. The van der Waals surface area contributed by atoms with Crippen LogP contribution in [0.1, 0.15) is 6.92 Å².